The number of carbonyl (C=O) groups is 1. The highest BCUT2D eigenvalue weighted by Crippen LogP contribution is 2.30. The summed E-state index contributed by atoms with van der Waals surface area (Å²) in [4.78, 5) is 11.5. The first-order chi connectivity index (χ1) is 12.1. The maximum Gasteiger partial charge on any atom is 0.243 e. The third kappa shape index (κ3) is 3.44. The summed E-state index contributed by atoms with van der Waals surface area (Å²) < 4.78 is 15.7. The smallest absolute Gasteiger partial charge is 0.243 e. The van der Waals surface area contributed by atoms with Gasteiger partial charge in [-0.05, 0) is 42.7 Å². The van der Waals surface area contributed by atoms with Crippen LogP contribution in [0.4, 0.5) is 4.39 Å². The molecule has 0 saturated carbocycles. The molecule has 0 saturated heterocycles. The van der Waals surface area contributed by atoms with Gasteiger partial charge in [-0.15, -0.1) is 0 Å². The maximum absolute atomic E-state index is 14.0. The summed E-state index contributed by atoms with van der Waals surface area (Å²) in [6, 6.07) is 14.4. The lowest BCUT2D eigenvalue weighted by molar-refractivity contribution is -0.129. The normalized spacial score (nSPS) is 10.7. The Morgan fingerprint density at radius 1 is 1.16 bits per heavy atom. The van der Waals surface area contributed by atoms with E-state index in [0.29, 0.717) is 12.0 Å². The number of nitrogens with zero attached hydrogens (tertiary/aromatic N) is 2. The van der Waals surface area contributed by atoms with Gasteiger partial charge in [0.25, 0.3) is 0 Å². The first-order valence-electron chi connectivity index (χ1n) is 7.92. The second-order valence-electron chi connectivity index (χ2n) is 5.70. The van der Waals surface area contributed by atoms with Crippen molar-refractivity contribution in [3.05, 3.63) is 71.8 Å². The summed E-state index contributed by atoms with van der Waals surface area (Å²) in [5, 5.41) is 13.2. The highest BCUT2D eigenvalue weighted by Gasteiger charge is 2.17. The van der Waals surface area contributed by atoms with Gasteiger partial charge < -0.3 is 0 Å². The van der Waals surface area contributed by atoms with E-state index in [1.165, 1.54) is 6.07 Å². The van der Waals surface area contributed by atoms with Gasteiger partial charge in [0.1, 0.15) is 5.82 Å². The van der Waals surface area contributed by atoms with E-state index in [9.17, 15) is 9.18 Å². The topological polar surface area (TPSA) is 67.2 Å². The molecule has 0 bridgehead atoms. The number of rotatable bonds is 5. The van der Waals surface area contributed by atoms with Crippen LogP contribution in [0.2, 0.25) is 0 Å². The largest absolute Gasteiger partial charge is 0.289 e. The Balaban J connectivity index is 2.10. The molecule has 0 aliphatic heterocycles. The molecule has 0 radical (unpaired) electrons. The number of para-hydroxylation sites is 1. The highest BCUT2D eigenvalue weighted by molar-refractivity contribution is 5.76. The molecule has 1 heterocycles. The molecular formula is C19H18FN3O2. The average Bonchev–Trinajstić information content (AvgIpc) is 3.06. The van der Waals surface area contributed by atoms with Gasteiger partial charge in [-0.1, -0.05) is 30.3 Å². The molecule has 3 aromatic rings. The van der Waals surface area contributed by atoms with Crippen LogP contribution in [0, 0.1) is 12.7 Å². The average molecular weight is 339 g/mol. The van der Waals surface area contributed by atoms with Crippen molar-refractivity contribution in [3.63, 3.8) is 0 Å². The van der Waals surface area contributed by atoms with Crippen molar-refractivity contribution in [1.82, 2.24) is 15.3 Å². The number of hydrogen-bond acceptors (Lipinski definition) is 3. The molecule has 0 atom stereocenters. The highest BCUT2D eigenvalue weighted by atomic mass is 19.1. The Morgan fingerprint density at radius 2 is 1.92 bits per heavy atom. The van der Waals surface area contributed by atoms with Crippen LogP contribution < -0.4 is 5.48 Å². The monoisotopic (exact) mass is 339 g/mol. The van der Waals surface area contributed by atoms with E-state index in [4.69, 9.17) is 5.21 Å². The molecule has 128 valence electrons. The van der Waals surface area contributed by atoms with Crippen LogP contribution >= 0.6 is 0 Å². The van der Waals surface area contributed by atoms with E-state index in [0.717, 1.165) is 22.5 Å². The molecule has 1 aromatic heterocycles. The van der Waals surface area contributed by atoms with E-state index in [2.05, 4.69) is 5.10 Å². The van der Waals surface area contributed by atoms with Crippen molar-refractivity contribution in [2.24, 2.45) is 0 Å². The standard InChI is InChI=1S/C19H18FN3O2/c1-13-15(8-5-9-17(13)20)16-12-21-23(14-6-3-2-4-7-14)18(16)10-11-19(24)22-25/h2-9,12,25H,10-11H2,1H3,(H,22,24). The summed E-state index contributed by atoms with van der Waals surface area (Å²) in [7, 11) is 0. The molecule has 0 spiro atoms. The minimum absolute atomic E-state index is 0.0936. The van der Waals surface area contributed by atoms with Gasteiger partial charge in [-0.25, -0.2) is 14.6 Å². The molecular weight excluding hydrogens is 321 g/mol. The second-order valence-corrected chi connectivity index (χ2v) is 5.70. The van der Waals surface area contributed by atoms with E-state index in [1.807, 2.05) is 36.4 Å². The van der Waals surface area contributed by atoms with Crippen LogP contribution in [-0.4, -0.2) is 20.9 Å². The van der Waals surface area contributed by atoms with Gasteiger partial charge in [0.05, 0.1) is 17.6 Å². The quantitative estimate of drug-likeness (QED) is 0.553. The number of amides is 1. The zero-order valence-electron chi connectivity index (χ0n) is 13.7. The van der Waals surface area contributed by atoms with Gasteiger partial charge in [-0.2, -0.15) is 5.10 Å². The van der Waals surface area contributed by atoms with Gasteiger partial charge >= 0.3 is 0 Å². The van der Waals surface area contributed by atoms with Gasteiger partial charge in [0.2, 0.25) is 5.91 Å². The lowest BCUT2D eigenvalue weighted by Gasteiger charge is -2.11. The number of carbonyl (C=O) groups excluding carboxylic acids is 1. The zero-order chi connectivity index (χ0) is 17.8. The molecule has 25 heavy (non-hydrogen) atoms. The minimum atomic E-state index is -0.484. The Kier molecular flexibility index (Phi) is 4.90. The fraction of sp³-hybridized carbons (Fsp3) is 0.158. The molecule has 2 N–H and O–H groups in total. The number of nitrogens with one attached hydrogen (secondary N) is 1. The molecule has 0 fully saturated rings. The summed E-state index contributed by atoms with van der Waals surface area (Å²) in [5.41, 5.74) is 5.31. The molecule has 5 nitrogen and oxygen atoms in total. The third-order valence-corrected chi connectivity index (χ3v) is 4.14. The number of aromatic nitrogens is 2. The molecule has 3 rings (SSSR count). The second kappa shape index (κ2) is 7.27. The molecule has 0 unspecified atom stereocenters. The first kappa shape index (κ1) is 16.9. The Hall–Kier alpha value is -2.99. The summed E-state index contributed by atoms with van der Waals surface area (Å²) in [5.74, 6) is -0.772. The Bertz CT molecular complexity index is 891. The van der Waals surface area contributed by atoms with Crippen molar-refractivity contribution < 1.29 is 14.4 Å². The minimum Gasteiger partial charge on any atom is -0.289 e. The molecule has 6 heteroatoms. The van der Waals surface area contributed by atoms with Crippen molar-refractivity contribution in [3.8, 4) is 16.8 Å². The fourth-order valence-corrected chi connectivity index (χ4v) is 2.82. The van der Waals surface area contributed by atoms with E-state index < -0.39 is 5.91 Å². The van der Waals surface area contributed by atoms with Crippen molar-refractivity contribution >= 4 is 5.91 Å². The zero-order valence-corrected chi connectivity index (χ0v) is 13.7. The maximum atomic E-state index is 14.0. The van der Waals surface area contributed by atoms with Crippen LogP contribution in [0.15, 0.2) is 54.7 Å². The van der Waals surface area contributed by atoms with Crippen molar-refractivity contribution in [2.45, 2.75) is 19.8 Å². The lowest BCUT2D eigenvalue weighted by atomic mass is 9.98. The van der Waals surface area contributed by atoms with Crippen LogP contribution in [0.1, 0.15) is 17.7 Å². The molecule has 0 aliphatic rings. The summed E-state index contributed by atoms with van der Waals surface area (Å²) >= 11 is 0. The third-order valence-electron chi connectivity index (χ3n) is 4.14. The van der Waals surface area contributed by atoms with Gasteiger partial charge in [-0.3, -0.25) is 10.0 Å². The van der Waals surface area contributed by atoms with Crippen molar-refractivity contribution in [2.75, 3.05) is 0 Å². The summed E-state index contributed by atoms with van der Waals surface area (Å²) in [6.07, 6.45) is 2.13. The number of hydroxylamine groups is 1. The van der Waals surface area contributed by atoms with Crippen LogP contribution in [0.3, 0.4) is 0 Å². The molecule has 0 aliphatic carbocycles. The predicted molar refractivity (Wildman–Crippen MR) is 91.9 cm³/mol. The lowest BCUT2D eigenvalue weighted by Crippen LogP contribution is -2.19. The SMILES string of the molecule is Cc1c(F)cccc1-c1cnn(-c2ccccc2)c1CCC(=O)NO. The molecule has 1 amide bonds. The van der Waals surface area contributed by atoms with E-state index >= 15 is 0 Å². The molecule has 2 aromatic carbocycles. The van der Waals surface area contributed by atoms with Crippen LogP contribution in [0.25, 0.3) is 16.8 Å². The van der Waals surface area contributed by atoms with E-state index in [-0.39, 0.29) is 12.2 Å². The van der Waals surface area contributed by atoms with Gasteiger partial charge in [0.15, 0.2) is 0 Å². The fourth-order valence-electron chi connectivity index (χ4n) is 2.82. The van der Waals surface area contributed by atoms with E-state index in [1.54, 1.807) is 29.3 Å². The Morgan fingerprint density at radius 3 is 2.64 bits per heavy atom. The van der Waals surface area contributed by atoms with Gasteiger partial charge in [0, 0.05) is 12.0 Å². The summed E-state index contributed by atoms with van der Waals surface area (Å²) in [6.45, 7) is 1.72. The first-order valence-corrected chi connectivity index (χ1v) is 7.92. The number of hydrogen-bond donors (Lipinski definition) is 2. The van der Waals surface area contributed by atoms with Crippen LogP contribution in [-0.2, 0) is 11.2 Å². The predicted octanol–water partition coefficient (Wildman–Crippen LogP) is 3.42. The Labute approximate surface area is 144 Å². The number of benzene rings is 2. The number of halogens is 1. The van der Waals surface area contributed by atoms with Crippen molar-refractivity contribution in [1.29, 1.82) is 0 Å². The van der Waals surface area contributed by atoms with Crippen LogP contribution in [0.5, 0.6) is 0 Å².